The number of aryl methyl sites for hydroxylation is 1. The minimum atomic E-state index is 0.467. The smallest absolute Gasteiger partial charge is 0.129 e. The molecule has 1 rings (SSSR count). The molecule has 0 aliphatic carbocycles. The second-order valence-electron chi connectivity index (χ2n) is 4.05. The molecule has 0 aliphatic heterocycles. The van der Waals surface area contributed by atoms with Crippen molar-refractivity contribution in [2.75, 3.05) is 5.32 Å². The molecule has 0 spiro atoms. The van der Waals surface area contributed by atoms with Gasteiger partial charge in [-0.25, -0.2) is 9.97 Å². The Morgan fingerprint density at radius 2 is 1.93 bits per heavy atom. The van der Waals surface area contributed by atoms with Crippen LogP contribution in [0.3, 0.4) is 0 Å². The largest absolute Gasteiger partial charge is 0.367 e. The first kappa shape index (κ1) is 12.0. The van der Waals surface area contributed by atoms with Crippen LogP contribution in [0.4, 0.5) is 5.82 Å². The summed E-state index contributed by atoms with van der Waals surface area (Å²) in [5, 5.41) is 3.43. The summed E-state index contributed by atoms with van der Waals surface area (Å²) >= 11 is 0. The zero-order valence-electron chi connectivity index (χ0n) is 10.1. The maximum absolute atomic E-state index is 4.21. The Balaban J connectivity index is 2.61. The van der Waals surface area contributed by atoms with Gasteiger partial charge in [0.2, 0.25) is 0 Å². The monoisotopic (exact) mass is 207 g/mol. The van der Waals surface area contributed by atoms with Crippen molar-refractivity contribution in [3.05, 3.63) is 18.1 Å². The summed E-state index contributed by atoms with van der Waals surface area (Å²) in [6.07, 6.45) is 4.01. The van der Waals surface area contributed by atoms with Crippen LogP contribution < -0.4 is 5.32 Å². The fourth-order valence-electron chi connectivity index (χ4n) is 1.88. The van der Waals surface area contributed by atoms with E-state index in [0.29, 0.717) is 12.0 Å². The Kier molecular flexibility index (Phi) is 4.53. The predicted molar refractivity (Wildman–Crippen MR) is 63.9 cm³/mol. The van der Waals surface area contributed by atoms with E-state index in [4.69, 9.17) is 0 Å². The Hall–Kier alpha value is -1.12. The van der Waals surface area contributed by atoms with Crippen LogP contribution in [0.2, 0.25) is 0 Å². The number of rotatable bonds is 5. The lowest BCUT2D eigenvalue weighted by Crippen LogP contribution is -2.25. The number of aromatic nitrogens is 2. The van der Waals surface area contributed by atoms with Crippen molar-refractivity contribution in [1.82, 2.24) is 9.97 Å². The van der Waals surface area contributed by atoms with E-state index in [-0.39, 0.29) is 0 Å². The predicted octanol–water partition coefficient (Wildman–Crippen LogP) is 3.02. The molecule has 0 saturated carbocycles. The highest BCUT2D eigenvalue weighted by Crippen LogP contribution is 2.16. The number of anilines is 1. The number of hydrogen-bond donors (Lipinski definition) is 1. The van der Waals surface area contributed by atoms with Gasteiger partial charge in [-0.15, -0.1) is 0 Å². The van der Waals surface area contributed by atoms with Crippen molar-refractivity contribution in [2.24, 2.45) is 5.92 Å². The van der Waals surface area contributed by atoms with E-state index in [2.05, 4.69) is 36.1 Å². The Morgan fingerprint density at radius 1 is 1.27 bits per heavy atom. The first-order valence-electron chi connectivity index (χ1n) is 5.72. The van der Waals surface area contributed by atoms with Crippen LogP contribution >= 0.6 is 0 Å². The van der Waals surface area contributed by atoms with Crippen LogP contribution in [0.15, 0.2) is 12.4 Å². The average molecular weight is 207 g/mol. The highest BCUT2D eigenvalue weighted by atomic mass is 15.0. The molecule has 1 aromatic heterocycles. The molecule has 0 radical (unpaired) electrons. The third-order valence-electron chi connectivity index (χ3n) is 2.94. The van der Waals surface area contributed by atoms with Crippen LogP contribution in [0.5, 0.6) is 0 Å². The van der Waals surface area contributed by atoms with Gasteiger partial charge in [0.25, 0.3) is 0 Å². The van der Waals surface area contributed by atoms with Crippen molar-refractivity contribution in [3.8, 4) is 0 Å². The van der Waals surface area contributed by atoms with Crippen LogP contribution in [-0.4, -0.2) is 16.0 Å². The molecule has 1 atom stereocenters. The summed E-state index contributed by atoms with van der Waals surface area (Å²) in [4.78, 5) is 8.29. The summed E-state index contributed by atoms with van der Waals surface area (Å²) in [5.74, 6) is 1.64. The molecule has 1 aromatic rings. The van der Waals surface area contributed by atoms with Crippen molar-refractivity contribution < 1.29 is 0 Å². The summed E-state index contributed by atoms with van der Waals surface area (Å²) in [5.41, 5.74) is 1.00. The second-order valence-corrected chi connectivity index (χ2v) is 4.05. The zero-order valence-corrected chi connectivity index (χ0v) is 10.1. The van der Waals surface area contributed by atoms with Gasteiger partial charge in [0.05, 0.1) is 0 Å². The van der Waals surface area contributed by atoms with E-state index >= 15 is 0 Å². The molecule has 0 fully saturated rings. The summed E-state index contributed by atoms with van der Waals surface area (Å²) in [6, 6.07) is 2.45. The molecule has 0 amide bonds. The molecule has 15 heavy (non-hydrogen) atoms. The van der Waals surface area contributed by atoms with E-state index in [1.54, 1.807) is 6.33 Å². The minimum Gasteiger partial charge on any atom is -0.367 e. The molecule has 1 heterocycles. The van der Waals surface area contributed by atoms with Crippen LogP contribution in [0, 0.1) is 12.8 Å². The average Bonchev–Trinajstić information content (AvgIpc) is 2.19. The standard InChI is InChI=1S/C12H21N3/c1-5-11(6-2)10(4)15-12-7-9(3)13-8-14-12/h7-8,10-11H,5-6H2,1-4H3,(H,13,14,15). The number of nitrogens with zero attached hydrogens (tertiary/aromatic N) is 2. The molecular weight excluding hydrogens is 186 g/mol. The van der Waals surface area contributed by atoms with Crippen molar-refractivity contribution in [2.45, 2.75) is 46.6 Å². The molecule has 3 nitrogen and oxygen atoms in total. The van der Waals surface area contributed by atoms with E-state index in [1.807, 2.05) is 13.0 Å². The number of nitrogens with one attached hydrogen (secondary N) is 1. The van der Waals surface area contributed by atoms with Crippen molar-refractivity contribution >= 4 is 5.82 Å². The fourth-order valence-corrected chi connectivity index (χ4v) is 1.88. The normalized spacial score (nSPS) is 12.9. The lowest BCUT2D eigenvalue weighted by Gasteiger charge is -2.22. The Bertz CT molecular complexity index is 295. The lowest BCUT2D eigenvalue weighted by molar-refractivity contribution is 0.437. The van der Waals surface area contributed by atoms with Gasteiger partial charge in [-0.3, -0.25) is 0 Å². The molecular formula is C12H21N3. The molecule has 0 aromatic carbocycles. The second kappa shape index (κ2) is 5.69. The van der Waals surface area contributed by atoms with Crippen LogP contribution in [-0.2, 0) is 0 Å². The quantitative estimate of drug-likeness (QED) is 0.806. The van der Waals surface area contributed by atoms with Crippen molar-refractivity contribution in [1.29, 1.82) is 0 Å². The lowest BCUT2D eigenvalue weighted by atomic mass is 9.95. The maximum atomic E-state index is 4.21. The maximum Gasteiger partial charge on any atom is 0.129 e. The molecule has 0 saturated heterocycles. The van der Waals surface area contributed by atoms with Crippen LogP contribution in [0.1, 0.15) is 39.3 Å². The van der Waals surface area contributed by atoms with Gasteiger partial charge in [0, 0.05) is 17.8 Å². The van der Waals surface area contributed by atoms with Gasteiger partial charge in [-0.2, -0.15) is 0 Å². The van der Waals surface area contributed by atoms with Crippen LogP contribution in [0.25, 0.3) is 0 Å². The third kappa shape index (κ3) is 3.50. The van der Waals surface area contributed by atoms with Gasteiger partial charge in [-0.05, 0) is 19.8 Å². The molecule has 0 aliphatic rings. The molecule has 1 unspecified atom stereocenters. The van der Waals surface area contributed by atoms with Gasteiger partial charge in [-0.1, -0.05) is 26.7 Å². The Morgan fingerprint density at radius 3 is 2.47 bits per heavy atom. The molecule has 0 bridgehead atoms. The minimum absolute atomic E-state index is 0.467. The van der Waals surface area contributed by atoms with Gasteiger partial charge < -0.3 is 5.32 Å². The highest BCUT2D eigenvalue weighted by molar-refractivity contribution is 5.35. The van der Waals surface area contributed by atoms with E-state index in [9.17, 15) is 0 Å². The molecule has 1 N–H and O–H groups in total. The summed E-state index contributed by atoms with van der Waals surface area (Å²) < 4.78 is 0. The summed E-state index contributed by atoms with van der Waals surface area (Å²) in [7, 11) is 0. The van der Waals surface area contributed by atoms with Gasteiger partial charge in [0.1, 0.15) is 12.1 Å². The van der Waals surface area contributed by atoms with Gasteiger partial charge in [0.15, 0.2) is 0 Å². The van der Waals surface area contributed by atoms with E-state index < -0.39 is 0 Å². The van der Waals surface area contributed by atoms with E-state index in [1.165, 1.54) is 12.8 Å². The number of hydrogen-bond acceptors (Lipinski definition) is 3. The van der Waals surface area contributed by atoms with Crippen molar-refractivity contribution in [3.63, 3.8) is 0 Å². The first-order valence-corrected chi connectivity index (χ1v) is 5.72. The Labute approximate surface area is 92.3 Å². The molecule has 84 valence electrons. The topological polar surface area (TPSA) is 37.8 Å². The first-order chi connectivity index (χ1) is 7.17. The van der Waals surface area contributed by atoms with E-state index in [0.717, 1.165) is 11.5 Å². The zero-order chi connectivity index (χ0) is 11.3. The SMILES string of the molecule is CCC(CC)C(C)Nc1cc(C)ncn1. The van der Waals surface area contributed by atoms with Gasteiger partial charge >= 0.3 is 0 Å². The summed E-state index contributed by atoms with van der Waals surface area (Å²) in [6.45, 7) is 8.67. The fraction of sp³-hybridized carbons (Fsp3) is 0.667. The third-order valence-corrected chi connectivity index (χ3v) is 2.94. The highest BCUT2D eigenvalue weighted by Gasteiger charge is 2.13. The molecule has 3 heteroatoms.